The molecule has 1 aliphatic carbocycles. The fraction of sp³-hybridized carbons (Fsp3) is 0.412. The molecule has 1 aliphatic rings. The lowest BCUT2D eigenvalue weighted by Gasteiger charge is -2.20. The van der Waals surface area contributed by atoms with Crippen molar-refractivity contribution in [3.8, 4) is 0 Å². The molecule has 1 aromatic carbocycles. The van der Waals surface area contributed by atoms with Crippen LogP contribution in [-0.4, -0.2) is 34.3 Å². The van der Waals surface area contributed by atoms with E-state index in [1.54, 1.807) is 0 Å². The van der Waals surface area contributed by atoms with Gasteiger partial charge >= 0.3 is 0 Å². The van der Waals surface area contributed by atoms with Gasteiger partial charge < -0.3 is 5.32 Å². The fourth-order valence-electron chi connectivity index (χ4n) is 2.87. The number of amides is 3. The number of para-hydroxylation sites is 1. The molecule has 1 fully saturated rings. The van der Waals surface area contributed by atoms with Crippen molar-refractivity contribution in [1.82, 2.24) is 21.5 Å². The Kier molecular flexibility index (Phi) is 7.81. The minimum absolute atomic E-state index is 0.0588. The Hall–Kier alpha value is -3.08. The van der Waals surface area contributed by atoms with Gasteiger partial charge in [0.2, 0.25) is 5.91 Å². The maximum Gasteiger partial charge on any atom is 0.282 e. The Morgan fingerprint density at radius 1 is 1.11 bits per heavy atom. The number of hydrazine groups is 1. The summed E-state index contributed by atoms with van der Waals surface area (Å²) in [5.41, 5.74) is 4.03. The van der Waals surface area contributed by atoms with E-state index in [4.69, 9.17) is 12.2 Å². The molecule has 10 nitrogen and oxygen atoms in total. The van der Waals surface area contributed by atoms with Crippen LogP contribution in [0.1, 0.15) is 42.5 Å². The van der Waals surface area contributed by atoms with Crippen molar-refractivity contribution in [3.05, 3.63) is 39.9 Å². The Morgan fingerprint density at radius 3 is 2.46 bits per heavy atom. The molecule has 0 aliphatic heterocycles. The summed E-state index contributed by atoms with van der Waals surface area (Å²) >= 11 is 4.88. The second-order valence-corrected chi connectivity index (χ2v) is 6.69. The molecule has 0 spiro atoms. The monoisotopic (exact) mass is 407 g/mol. The first kappa shape index (κ1) is 21.2. The number of thiocarbonyl (C=S) groups is 1. The molecule has 150 valence electrons. The Balaban J connectivity index is 1.74. The highest BCUT2D eigenvalue weighted by molar-refractivity contribution is 7.80. The largest absolute Gasteiger partial charge is 0.347 e. The number of hydrogen-bond acceptors (Lipinski definition) is 6. The minimum atomic E-state index is -0.787. The summed E-state index contributed by atoms with van der Waals surface area (Å²) in [5.74, 6) is -1.55. The third-order valence-corrected chi connectivity index (χ3v) is 4.49. The van der Waals surface area contributed by atoms with Crippen LogP contribution < -0.4 is 21.5 Å². The SMILES string of the molecule is O=C(CNC(=O)C1CCCCC1)NNC(=S)NC(=O)c1ccccc1[N+](=O)[O-]. The average Bonchev–Trinajstić information content (AvgIpc) is 2.71. The van der Waals surface area contributed by atoms with E-state index in [2.05, 4.69) is 21.5 Å². The standard InChI is InChI=1S/C17H21N5O5S/c23-14(10-18-15(24)11-6-2-1-3-7-11)20-21-17(28)19-16(25)12-8-4-5-9-13(12)22(26)27/h4-5,8-9,11H,1-3,6-7,10H2,(H,18,24)(H,20,23)(H2,19,21,25,28). The van der Waals surface area contributed by atoms with E-state index in [9.17, 15) is 24.5 Å². The van der Waals surface area contributed by atoms with E-state index in [1.807, 2.05) is 0 Å². The smallest absolute Gasteiger partial charge is 0.282 e. The molecule has 0 aromatic heterocycles. The van der Waals surface area contributed by atoms with Crippen LogP contribution in [0, 0.1) is 16.0 Å². The molecule has 0 saturated heterocycles. The third-order valence-electron chi connectivity index (χ3n) is 4.29. The maximum atomic E-state index is 12.1. The summed E-state index contributed by atoms with van der Waals surface area (Å²) in [6.45, 7) is -0.233. The number of rotatable bonds is 5. The Bertz CT molecular complexity index is 779. The molecule has 0 bridgehead atoms. The van der Waals surface area contributed by atoms with Crippen molar-refractivity contribution in [1.29, 1.82) is 0 Å². The summed E-state index contributed by atoms with van der Waals surface area (Å²) in [4.78, 5) is 46.1. The zero-order valence-corrected chi connectivity index (χ0v) is 15.8. The van der Waals surface area contributed by atoms with Crippen molar-refractivity contribution < 1.29 is 19.3 Å². The molecule has 1 saturated carbocycles. The van der Waals surface area contributed by atoms with E-state index in [-0.39, 0.29) is 34.7 Å². The quantitative estimate of drug-likeness (QED) is 0.323. The first-order valence-corrected chi connectivity index (χ1v) is 9.20. The second-order valence-electron chi connectivity index (χ2n) is 6.28. The number of carbonyl (C=O) groups is 3. The molecular weight excluding hydrogens is 386 g/mol. The number of nitrogens with zero attached hydrogens (tertiary/aromatic N) is 1. The molecule has 4 N–H and O–H groups in total. The molecule has 0 unspecified atom stereocenters. The lowest BCUT2D eigenvalue weighted by molar-refractivity contribution is -0.385. The van der Waals surface area contributed by atoms with E-state index < -0.39 is 16.7 Å². The van der Waals surface area contributed by atoms with Crippen LogP contribution in [0.3, 0.4) is 0 Å². The number of nitro groups is 1. The predicted molar refractivity (Wildman–Crippen MR) is 104 cm³/mol. The molecule has 11 heteroatoms. The number of carbonyl (C=O) groups excluding carboxylic acids is 3. The summed E-state index contributed by atoms with van der Waals surface area (Å²) in [6.07, 6.45) is 4.81. The highest BCUT2D eigenvalue weighted by Crippen LogP contribution is 2.23. The lowest BCUT2D eigenvalue weighted by atomic mass is 9.89. The number of nitro benzene ring substituents is 1. The number of nitrogens with one attached hydrogen (secondary N) is 4. The van der Waals surface area contributed by atoms with E-state index >= 15 is 0 Å². The van der Waals surface area contributed by atoms with Crippen molar-refractivity contribution in [2.75, 3.05) is 6.54 Å². The van der Waals surface area contributed by atoms with Gasteiger partial charge in [-0.05, 0) is 31.1 Å². The van der Waals surface area contributed by atoms with Gasteiger partial charge in [-0.2, -0.15) is 0 Å². The average molecular weight is 407 g/mol. The number of hydrogen-bond donors (Lipinski definition) is 4. The molecule has 28 heavy (non-hydrogen) atoms. The first-order valence-electron chi connectivity index (χ1n) is 8.79. The molecule has 0 radical (unpaired) electrons. The topological polar surface area (TPSA) is 142 Å². The van der Waals surface area contributed by atoms with Crippen LogP contribution in [0.5, 0.6) is 0 Å². The summed E-state index contributed by atoms with van der Waals surface area (Å²) < 4.78 is 0. The highest BCUT2D eigenvalue weighted by Gasteiger charge is 2.22. The van der Waals surface area contributed by atoms with Crippen molar-refractivity contribution in [2.45, 2.75) is 32.1 Å². The number of benzene rings is 1. The van der Waals surface area contributed by atoms with Crippen LogP contribution in [0.2, 0.25) is 0 Å². The summed E-state index contributed by atoms with van der Waals surface area (Å²) in [6, 6.07) is 5.40. The lowest BCUT2D eigenvalue weighted by Crippen LogP contribution is -2.51. The van der Waals surface area contributed by atoms with Gasteiger partial charge in [-0.3, -0.25) is 40.7 Å². The summed E-state index contributed by atoms with van der Waals surface area (Å²) in [5, 5.41) is 15.5. The van der Waals surface area contributed by atoms with Gasteiger partial charge in [-0.25, -0.2) is 0 Å². The van der Waals surface area contributed by atoms with Crippen LogP contribution in [0.25, 0.3) is 0 Å². The van der Waals surface area contributed by atoms with Crippen LogP contribution in [0.4, 0.5) is 5.69 Å². The van der Waals surface area contributed by atoms with Crippen LogP contribution >= 0.6 is 12.2 Å². The summed E-state index contributed by atoms with van der Waals surface area (Å²) in [7, 11) is 0. The molecule has 0 atom stereocenters. The molecular formula is C17H21N5O5S. The van der Waals surface area contributed by atoms with E-state index in [1.165, 1.54) is 24.3 Å². The zero-order chi connectivity index (χ0) is 20.5. The molecule has 0 heterocycles. The van der Waals surface area contributed by atoms with Crippen molar-refractivity contribution in [3.63, 3.8) is 0 Å². The van der Waals surface area contributed by atoms with E-state index in [0.29, 0.717) is 0 Å². The van der Waals surface area contributed by atoms with Crippen molar-refractivity contribution in [2.24, 2.45) is 5.92 Å². The second kappa shape index (κ2) is 10.3. The maximum absolute atomic E-state index is 12.1. The van der Waals surface area contributed by atoms with Gasteiger partial charge in [0.1, 0.15) is 5.56 Å². The molecule has 1 aromatic rings. The van der Waals surface area contributed by atoms with E-state index in [0.717, 1.165) is 32.1 Å². The molecule has 3 amide bonds. The Labute approximate surface area is 166 Å². The van der Waals surface area contributed by atoms with Crippen LogP contribution in [-0.2, 0) is 9.59 Å². The van der Waals surface area contributed by atoms with Crippen molar-refractivity contribution >= 4 is 40.7 Å². The Morgan fingerprint density at radius 2 is 1.79 bits per heavy atom. The van der Waals surface area contributed by atoms with Gasteiger partial charge in [-0.1, -0.05) is 31.4 Å². The van der Waals surface area contributed by atoms with Gasteiger partial charge in [-0.15, -0.1) is 0 Å². The van der Waals surface area contributed by atoms with Gasteiger partial charge in [0.15, 0.2) is 5.11 Å². The van der Waals surface area contributed by atoms with Gasteiger partial charge in [0.05, 0.1) is 11.5 Å². The van der Waals surface area contributed by atoms with Crippen LogP contribution in [0.15, 0.2) is 24.3 Å². The predicted octanol–water partition coefficient (Wildman–Crippen LogP) is 0.927. The zero-order valence-electron chi connectivity index (χ0n) is 15.0. The minimum Gasteiger partial charge on any atom is -0.347 e. The van der Waals surface area contributed by atoms with Gasteiger partial charge in [0.25, 0.3) is 17.5 Å². The highest BCUT2D eigenvalue weighted by atomic mass is 32.1. The normalized spacial score (nSPS) is 13.9. The first-order chi connectivity index (χ1) is 13.4. The fourth-order valence-corrected chi connectivity index (χ4v) is 3.02. The third kappa shape index (κ3) is 6.27. The van der Waals surface area contributed by atoms with Gasteiger partial charge in [0, 0.05) is 12.0 Å². The molecule has 2 rings (SSSR count).